The summed E-state index contributed by atoms with van der Waals surface area (Å²) in [7, 11) is 1.88. The van der Waals surface area contributed by atoms with Crippen molar-refractivity contribution in [3.05, 3.63) is 36.8 Å². The van der Waals surface area contributed by atoms with Crippen LogP contribution in [0.5, 0.6) is 5.75 Å². The van der Waals surface area contributed by atoms with Gasteiger partial charge >= 0.3 is 0 Å². The molecule has 2 fully saturated rings. The Balaban J connectivity index is 1.43. The van der Waals surface area contributed by atoms with Gasteiger partial charge in [0.25, 0.3) is 0 Å². The first kappa shape index (κ1) is 19.2. The quantitative estimate of drug-likeness (QED) is 0.687. The van der Waals surface area contributed by atoms with Crippen molar-refractivity contribution in [1.29, 1.82) is 0 Å². The summed E-state index contributed by atoms with van der Waals surface area (Å²) in [5.41, 5.74) is 0.427. The van der Waals surface area contributed by atoms with Gasteiger partial charge in [-0.15, -0.1) is 10.2 Å². The highest BCUT2D eigenvalue weighted by Gasteiger charge is 2.56. The number of hydrogen-bond acceptors (Lipinski definition) is 6. The highest BCUT2D eigenvalue weighted by Crippen LogP contribution is 2.59. The highest BCUT2D eigenvalue weighted by atomic mass is 19.1. The van der Waals surface area contributed by atoms with Gasteiger partial charge in [0, 0.05) is 30.2 Å². The third-order valence-electron chi connectivity index (χ3n) is 7.24. The van der Waals surface area contributed by atoms with Crippen molar-refractivity contribution in [1.82, 2.24) is 20.2 Å². The first-order valence-corrected chi connectivity index (χ1v) is 10.4. The molecule has 0 unspecified atom stereocenters. The maximum absolute atomic E-state index is 15.4. The summed E-state index contributed by atoms with van der Waals surface area (Å²) in [6, 6.07) is 5.10. The molecule has 0 saturated heterocycles. The molecule has 3 aromatic rings. The van der Waals surface area contributed by atoms with Crippen molar-refractivity contribution in [2.45, 2.75) is 51.7 Å². The molecule has 0 aliphatic heterocycles. The number of alkyl halides is 1. The normalized spacial score (nSPS) is 30.5. The number of fused-ring (bicyclic) bond motifs is 3. The smallest absolute Gasteiger partial charge is 0.185 e. The van der Waals surface area contributed by atoms with E-state index in [-0.39, 0.29) is 22.6 Å². The molecule has 0 amide bonds. The zero-order chi connectivity index (χ0) is 21.1. The second kappa shape index (κ2) is 6.59. The van der Waals surface area contributed by atoms with Gasteiger partial charge in [-0.3, -0.25) is 4.98 Å². The number of aromatic hydroxyl groups is 1. The molecular weight excluding hydrogens is 381 g/mol. The monoisotopic (exact) mass is 407 g/mol. The van der Waals surface area contributed by atoms with Crippen LogP contribution in [-0.2, 0) is 0 Å². The minimum atomic E-state index is -0.905. The van der Waals surface area contributed by atoms with Crippen LogP contribution in [0.25, 0.3) is 22.2 Å². The van der Waals surface area contributed by atoms with Gasteiger partial charge in [-0.1, -0.05) is 13.8 Å². The molecule has 2 aromatic heterocycles. The summed E-state index contributed by atoms with van der Waals surface area (Å²) >= 11 is 0. The summed E-state index contributed by atoms with van der Waals surface area (Å²) in [5.74, 6) is 0.958. The van der Waals surface area contributed by atoms with Gasteiger partial charge in [0.2, 0.25) is 0 Å². The average Bonchev–Trinajstić information content (AvgIpc) is 3.02. The van der Waals surface area contributed by atoms with Crippen LogP contribution in [0.2, 0.25) is 0 Å². The van der Waals surface area contributed by atoms with Gasteiger partial charge in [0.1, 0.15) is 11.9 Å². The van der Waals surface area contributed by atoms with E-state index in [1.807, 2.05) is 24.1 Å². The van der Waals surface area contributed by atoms with Gasteiger partial charge in [-0.25, -0.2) is 9.37 Å². The molecule has 1 aromatic carbocycles. The summed E-state index contributed by atoms with van der Waals surface area (Å²) in [6.45, 7) is 4.35. The van der Waals surface area contributed by atoms with Crippen LogP contribution in [0.3, 0.4) is 0 Å². The number of anilines is 1. The van der Waals surface area contributed by atoms with Gasteiger partial charge in [0.15, 0.2) is 11.6 Å². The maximum Gasteiger partial charge on any atom is 0.185 e. The number of rotatable bonds is 3. The van der Waals surface area contributed by atoms with E-state index in [0.717, 1.165) is 36.5 Å². The lowest BCUT2D eigenvalue weighted by molar-refractivity contribution is 0.0380. The van der Waals surface area contributed by atoms with Crippen molar-refractivity contribution < 1.29 is 9.50 Å². The molecule has 30 heavy (non-hydrogen) atoms. The van der Waals surface area contributed by atoms with Crippen LogP contribution in [0.15, 0.2) is 36.8 Å². The number of pyridine rings is 1. The van der Waals surface area contributed by atoms with Crippen molar-refractivity contribution >= 4 is 16.6 Å². The lowest BCUT2D eigenvalue weighted by atomic mass is 9.67. The molecule has 2 heterocycles. The number of halogens is 1. The molecule has 2 bridgehead atoms. The third kappa shape index (κ3) is 2.99. The standard InChI is InChI=1S/C23H26FN5O/c1-22-5-6-23(2,13-22)20(24)17(10-22)29(3)19-12-26-21(28-27-19)16-8-14-4-7-25-11-15(14)9-18(16)30/h4,7-9,11-12,17,20,30H,5-6,10,13H2,1-3H3/t17-,20+,22-,23-/m0/s1. The van der Waals surface area contributed by atoms with Crippen LogP contribution in [0.4, 0.5) is 10.2 Å². The second-order valence-corrected chi connectivity index (χ2v) is 9.66. The topological polar surface area (TPSA) is 75.0 Å². The number of aromatic nitrogens is 4. The Labute approximate surface area is 175 Å². The molecule has 2 aliphatic carbocycles. The number of phenolic OH excluding ortho intramolecular Hbond substituents is 1. The number of hydrogen-bond donors (Lipinski definition) is 1. The fourth-order valence-electron chi connectivity index (χ4n) is 5.58. The largest absolute Gasteiger partial charge is 0.507 e. The Bertz CT molecular complexity index is 1110. The van der Waals surface area contributed by atoms with Crippen molar-refractivity contribution in [2.24, 2.45) is 10.8 Å². The van der Waals surface area contributed by atoms with E-state index in [9.17, 15) is 5.11 Å². The van der Waals surface area contributed by atoms with E-state index < -0.39 is 6.17 Å². The first-order chi connectivity index (χ1) is 14.3. The van der Waals surface area contributed by atoms with E-state index >= 15 is 4.39 Å². The summed E-state index contributed by atoms with van der Waals surface area (Å²) in [6.07, 6.45) is 7.88. The molecule has 1 N–H and O–H groups in total. The van der Waals surface area contributed by atoms with E-state index in [1.165, 1.54) is 0 Å². The molecule has 0 spiro atoms. The van der Waals surface area contributed by atoms with E-state index in [1.54, 1.807) is 24.7 Å². The molecule has 5 rings (SSSR count). The molecular formula is C23H26FN5O. The third-order valence-corrected chi connectivity index (χ3v) is 7.24. The van der Waals surface area contributed by atoms with Gasteiger partial charge in [0.05, 0.1) is 17.8 Å². The number of nitrogens with zero attached hydrogens (tertiary/aromatic N) is 5. The van der Waals surface area contributed by atoms with Crippen LogP contribution in [0.1, 0.15) is 39.5 Å². The predicted molar refractivity (Wildman–Crippen MR) is 114 cm³/mol. The van der Waals surface area contributed by atoms with Gasteiger partial charge in [-0.05, 0) is 54.7 Å². The molecule has 4 atom stereocenters. The Morgan fingerprint density at radius 2 is 1.97 bits per heavy atom. The zero-order valence-electron chi connectivity index (χ0n) is 17.5. The Morgan fingerprint density at radius 3 is 2.73 bits per heavy atom. The number of phenols is 1. The predicted octanol–water partition coefficient (Wildman–Crippen LogP) is 4.54. The van der Waals surface area contributed by atoms with Crippen LogP contribution >= 0.6 is 0 Å². The van der Waals surface area contributed by atoms with Crippen LogP contribution in [0, 0.1) is 10.8 Å². The number of benzene rings is 1. The molecule has 7 heteroatoms. The molecule has 2 aliphatic rings. The summed E-state index contributed by atoms with van der Waals surface area (Å²) < 4.78 is 15.4. The average molecular weight is 407 g/mol. The Hall–Kier alpha value is -2.83. The van der Waals surface area contributed by atoms with Crippen molar-refractivity contribution in [3.8, 4) is 17.1 Å². The Kier molecular flexibility index (Phi) is 4.21. The SMILES string of the molecule is CN(c1cnc(-c2cc3ccncc3cc2O)nn1)[C@H]1C[C@]2(C)CC[C@@](C)(C2)[C@@H]1F. The molecule has 156 valence electrons. The second-order valence-electron chi connectivity index (χ2n) is 9.66. The lowest BCUT2D eigenvalue weighted by Crippen LogP contribution is -2.52. The molecule has 2 saturated carbocycles. The van der Waals surface area contributed by atoms with Crippen molar-refractivity contribution in [3.63, 3.8) is 0 Å². The minimum Gasteiger partial charge on any atom is -0.507 e. The van der Waals surface area contributed by atoms with E-state index in [2.05, 4.69) is 34.0 Å². The maximum atomic E-state index is 15.4. The fraction of sp³-hybridized carbons (Fsp3) is 0.478. The molecule has 6 nitrogen and oxygen atoms in total. The van der Waals surface area contributed by atoms with Crippen LogP contribution in [-0.4, -0.2) is 44.5 Å². The Morgan fingerprint density at radius 1 is 1.13 bits per heavy atom. The lowest BCUT2D eigenvalue weighted by Gasteiger charge is -2.46. The summed E-state index contributed by atoms with van der Waals surface area (Å²) in [5, 5.41) is 20.7. The summed E-state index contributed by atoms with van der Waals surface area (Å²) in [4.78, 5) is 10.4. The van der Waals surface area contributed by atoms with E-state index in [0.29, 0.717) is 17.2 Å². The van der Waals surface area contributed by atoms with Crippen molar-refractivity contribution in [2.75, 3.05) is 11.9 Å². The highest BCUT2D eigenvalue weighted by molar-refractivity contribution is 5.88. The van der Waals surface area contributed by atoms with E-state index in [4.69, 9.17) is 0 Å². The molecule has 0 radical (unpaired) electrons. The van der Waals surface area contributed by atoms with Gasteiger partial charge in [-0.2, -0.15) is 0 Å². The minimum absolute atomic E-state index is 0.0759. The fourth-order valence-corrected chi connectivity index (χ4v) is 5.58. The first-order valence-electron chi connectivity index (χ1n) is 10.4. The zero-order valence-corrected chi connectivity index (χ0v) is 17.5. The van der Waals surface area contributed by atoms with Gasteiger partial charge < -0.3 is 10.0 Å². The van der Waals surface area contributed by atoms with Crippen LogP contribution < -0.4 is 4.90 Å².